The van der Waals surface area contributed by atoms with Gasteiger partial charge in [-0.25, -0.2) is 0 Å². The molecule has 1 heterocycles. The van der Waals surface area contributed by atoms with Crippen molar-refractivity contribution in [3.05, 3.63) is 0 Å². The Labute approximate surface area is 109 Å². The molecule has 5 heteroatoms. The summed E-state index contributed by atoms with van der Waals surface area (Å²) in [4.78, 5) is 25.5. The summed E-state index contributed by atoms with van der Waals surface area (Å²) in [7, 11) is 0. The maximum Gasteiger partial charge on any atom is 0.245 e. The van der Waals surface area contributed by atoms with Crippen LogP contribution in [0.3, 0.4) is 0 Å². The van der Waals surface area contributed by atoms with Crippen molar-refractivity contribution in [1.29, 1.82) is 0 Å². The van der Waals surface area contributed by atoms with Crippen LogP contribution in [0.4, 0.5) is 0 Å². The van der Waals surface area contributed by atoms with Crippen molar-refractivity contribution in [2.75, 3.05) is 26.3 Å². The second-order valence-electron chi connectivity index (χ2n) is 5.96. The number of rotatable bonds is 3. The highest BCUT2D eigenvalue weighted by molar-refractivity contribution is 5.87. The van der Waals surface area contributed by atoms with Gasteiger partial charge in [-0.3, -0.25) is 9.59 Å². The van der Waals surface area contributed by atoms with Gasteiger partial charge in [0.15, 0.2) is 0 Å². The van der Waals surface area contributed by atoms with Crippen LogP contribution in [0.2, 0.25) is 0 Å². The SMILES string of the molecule is C[C@H](NC(=O)CC(C)(C)C)C(=O)N1CCOCC1. The minimum atomic E-state index is -0.460. The van der Waals surface area contributed by atoms with Gasteiger partial charge in [-0.2, -0.15) is 0 Å². The van der Waals surface area contributed by atoms with E-state index in [0.717, 1.165) is 0 Å². The fourth-order valence-corrected chi connectivity index (χ4v) is 1.89. The molecule has 0 spiro atoms. The van der Waals surface area contributed by atoms with E-state index in [4.69, 9.17) is 4.74 Å². The number of amides is 2. The number of nitrogens with one attached hydrogen (secondary N) is 1. The Hall–Kier alpha value is -1.10. The summed E-state index contributed by atoms with van der Waals surface area (Å²) in [6.45, 7) is 10.1. The molecule has 0 aromatic carbocycles. The van der Waals surface area contributed by atoms with E-state index < -0.39 is 6.04 Å². The molecule has 0 bridgehead atoms. The minimum absolute atomic E-state index is 0.0273. The van der Waals surface area contributed by atoms with E-state index in [-0.39, 0.29) is 17.2 Å². The summed E-state index contributed by atoms with van der Waals surface area (Å²) in [5, 5.41) is 2.76. The molecule has 18 heavy (non-hydrogen) atoms. The lowest BCUT2D eigenvalue weighted by atomic mass is 9.92. The first-order chi connectivity index (χ1) is 8.29. The maximum absolute atomic E-state index is 12.1. The molecular formula is C13H24N2O3. The Balaban J connectivity index is 2.41. The monoisotopic (exact) mass is 256 g/mol. The predicted molar refractivity (Wildman–Crippen MR) is 69.1 cm³/mol. The van der Waals surface area contributed by atoms with Gasteiger partial charge in [0.25, 0.3) is 0 Å². The lowest BCUT2D eigenvalue weighted by molar-refractivity contribution is -0.139. The zero-order chi connectivity index (χ0) is 13.8. The quantitative estimate of drug-likeness (QED) is 0.812. The third kappa shape index (κ3) is 5.04. The van der Waals surface area contributed by atoms with Crippen molar-refractivity contribution < 1.29 is 14.3 Å². The normalized spacial score (nSPS) is 18.3. The second-order valence-corrected chi connectivity index (χ2v) is 5.96. The minimum Gasteiger partial charge on any atom is -0.378 e. The fraction of sp³-hybridized carbons (Fsp3) is 0.846. The highest BCUT2D eigenvalue weighted by atomic mass is 16.5. The number of hydrogen-bond donors (Lipinski definition) is 1. The summed E-state index contributed by atoms with van der Waals surface area (Å²) >= 11 is 0. The summed E-state index contributed by atoms with van der Waals surface area (Å²) in [6, 6.07) is -0.460. The van der Waals surface area contributed by atoms with Gasteiger partial charge < -0.3 is 15.0 Å². The third-order valence-corrected chi connectivity index (χ3v) is 2.76. The van der Waals surface area contributed by atoms with E-state index in [0.29, 0.717) is 32.7 Å². The molecule has 0 aromatic heterocycles. The molecule has 0 unspecified atom stereocenters. The first-order valence-corrected chi connectivity index (χ1v) is 6.45. The van der Waals surface area contributed by atoms with Crippen molar-refractivity contribution in [1.82, 2.24) is 10.2 Å². The maximum atomic E-state index is 12.1. The molecular weight excluding hydrogens is 232 g/mol. The van der Waals surface area contributed by atoms with Gasteiger partial charge in [0.05, 0.1) is 13.2 Å². The van der Waals surface area contributed by atoms with Crippen LogP contribution in [0.1, 0.15) is 34.1 Å². The lowest BCUT2D eigenvalue weighted by Crippen LogP contribution is -2.50. The van der Waals surface area contributed by atoms with Gasteiger partial charge in [0.2, 0.25) is 11.8 Å². The van der Waals surface area contributed by atoms with Crippen LogP contribution >= 0.6 is 0 Å². The predicted octanol–water partition coefficient (Wildman–Crippen LogP) is 0.786. The Kier molecular flexibility index (Phi) is 5.14. The highest BCUT2D eigenvalue weighted by Crippen LogP contribution is 2.18. The van der Waals surface area contributed by atoms with Gasteiger partial charge >= 0.3 is 0 Å². The van der Waals surface area contributed by atoms with Crippen LogP contribution in [0.15, 0.2) is 0 Å². The second kappa shape index (κ2) is 6.18. The van der Waals surface area contributed by atoms with Crippen LogP contribution in [0.25, 0.3) is 0 Å². The zero-order valence-corrected chi connectivity index (χ0v) is 11.8. The molecule has 1 rings (SSSR count). The molecule has 1 aliphatic heterocycles. The molecule has 1 saturated heterocycles. The number of nitrogens with zero attached hydrogens (tertiary/aromatic N) is 1. The van der Waals surface area contributed by atoms with E-state index in [2.05, 4.69) is 5.32 Å². The Bertz CT molecular complexity index is 304. The standard InChI is InChI=1S/C13H24N2O3/c1-10(14-11(16)9-13(2,3)4)12(17)15-5-7-18-8-6-15/h10H,5-9H2,1-4H3,(H,14,16)/t10-/m0/s1. The summed E-state index contributed by atoms with van der Waals surface area (Å²) in [6.07, 6.45) is 0.424. The molecule has 0 saturated carbocycles. The van der Waals surface area contributed by atoms with E-state index >= 15 is 0 Å². The van der Waals surface area contributed by atoms with Gasteiger partial charge in [0.1, 0.15) is 6.04 Å². The number of morpholine rings is 1. The van der Waals surface area contributed by atoms with Crippen LogP contribution in [-0.2, 0) is 14.3 Å². The van der Waals surface area contributed by atoms with E-state index in [1.54, 1.807) is 11.8 Å². The average Bonchev–Trinajstić information content (AvgIpc) is 2.26. The highest BCUT2D eigenvalue weighted by Gasteiger charge is 2.25. The van der Waals surface area contributed by atoms with Crippen molar-refractivity contribution in [2.45, 2.75) is 40.2 Å². The van der Waals surface area contributed by atoms with E-state index in [1.807, 2.05) is 20.8 Å². The molecule has 0 aromatic rings. The Morgan fingerprint density at radius 1 is 1.28 bits per heavy atom. The number of hydrogen-bond acceptors (Lipinski definition) is 3. The molecule has 1 atom stereocenters. The van der Waals surface area contributed by atoms with E-state index in [9.17, 15) is 9.59 Å². The first-order valence-electron chi connectivity index (χ1n) is 6.45. The van der Waals surface area contributed by atoms with Gasteiger partial charge in [-0.1, -0.05) is 20.8 Å². The number of carbonyl (C=O) groups excluding carboxylic acids is 2. The topological polar surface area (TPSA) is 58.6 Å². The Morgan fingerprint density at radius 3 is 2.33 bits per heavy atom. The van der Waals surface area contributed by atoms with Crippen molar-refractivity contribution in [3.63, 3.8) is 0 Å². The van der Waals surface area contributed by atoms with Crippen LogP contribution in [0.5, 0.6) is 0 Å². The number of carbonyl (C=O) groups is 2. The van der Waals surface area contributed by atoms with E-state index in [1.165, 1.54) is 0 Å². The summed E-state index contributed by atoms with van der Waals surface area (Å²) in [5.74, 6) is -0.0998. The molecule has 0 radical (unpaired) electrons. The third-order valence-electron chi connectivity index (χ3n) is 2.76. The lowest BCUT2D eigenvalue weighted by Gasteiger charge is -2.29. The Morgan fingerprint density at radius 2 is 1.83 bits per heavy atom. The summed E-state index contributed by atoms with van der Waals surface area (Å²) < 4.78 is 5.20. The molecule has 5 nitrogen and oxygen atoms in total. The van der Waals surface area contributed by atoms with Crippen molar-refractivity contribution in [2.24, 2.45) is 5.41 Å². The smallest absolute Gasteiger partial charge is 0.245 e. The largest absolute Gasteiger partial charge is 0.378 e. The average molecular weight is 256 g/mol. The van der Waals surface area contributed by atoms with Crippen molar-refractivity contribution in [3.8, 4) is 0 Å². The van der Waals surface area contributed by atoms with Gasteiger partial charge in [0, 0.05) is 19.5 Å². The van der Waals surface area contributed by atoms with Crippen LogP contribution < -0.4 is 5.32 Å². The molecule has 2 amide bonds. The summed E-state index contributed by atoms with van der Waals surface area (Å²) in [5.41, 5.74) is -0.0637. The molecule has 1 aliphatic rings. The first kappa shape index (κ1) is 15.0. The van der Waals surface area contributed by atoms with Crippen LogP contribution in [-0.4, -0.2) is 49.1 Å². The molecule has 1 N–H and O–H groups in total. The molecule has 0 aliphatic carbocycles. The van der Waals surface area contributed by atoms with Crippen molar-refractivity contribution >= 4 is 11.8 Å². The van der Waals surface area contributed by atoms with Gasteiger partial charge in [-0.05, 0) is 12.3 Å². The molecule has 104 valence electrons. The van der Waals surface area contributed by atoms with Crippen LogP contribution in [0, 0.1) is 5.41 Å². The zero-order valence-electron chi connectivity index (χ0n) is 11.8. The number of ether oxygens (including phenoxy) is 1. The van der Waals surface area contributed by atoms with Gasteiger partial charge in [-0.15, -0.1) is 0 Å². The molecule has 1 fully saturated rings. The fourth-order valence-electron chi connectivity index (χ4n) is 1.89.